The molecule has 0 aliphatic carbocycles. The molecule has 0 spiro atoms. The van der Waals surface area contributed by atoms with Crippen molar-refractivity contribution >= 4 is 22.5 Å². The van der Waals surface area contributed by atoms with Gasteiger partial charge in [0, 0.05) is 35.8 Å². The fraction of sp³-hybridized carbons (Fsp3) is 0.407. The van der Waals surface area contributed by atoms with E-state index in [9.17, 15) is 4.79 Å². The van der Waals surface area contributed by atoms with E-state index in [2.05, 4.69) is 45.3 Å². The number of nitrogens with one attached hydrogen (secondary N) is 1. The van der Waals surface area contributed by atoms with Gasteiger partial charge in [0.2, 0.25) is 0 Å². The first kappa shape index (κ1) is 24.6. The Morgan fingerprint density at radius 3 is 2.81 bits per heavy atom. The van der Waals surface area contributed by atoms with Crippen LogP contribution in [0, 0.1) is 6.92 Å². The molecule has 8 nitrogen and oxygen atoms in total. The summed E-state index contributed by atoms with van der Waals surface area (Å²) in [4.78, 5) is 18.4. The Labute approximate surface area is 215 Å². The van der Waals surface area contributed by atoms with E-state index in [4.69, 9.17) is 16.3 Å². The maximum absolute atomic E-state index is 13.1. The van der Waals surface area contributed by atoms with Crippen molar-refractivity contribution in [2.24, 2.45) is 0 Å². The summed E-state index contributed by atoms with van der Waals surface area (Å²) < 4.78 is 7.69. The molecule has 1 aliphatic heterocycles. The normalized spacial score (nSPS) is 16.7. The predicted molar refractivity (Wildman–Crippen MR) is 140 cm³/mol. The van der Waals surface area contributed by atoms with Gasteiger partial charge in [-0.1, -0.05) is 48.4 Å². The van der Waals surface area contributed by atoms with Crippen LogP contribution in [0.5, 0.6) is 0 Å². The molecule has 0 radical (unpaired) electrons. The van der Waals surface area contributed by atoms with E-state index in [1.165, 1.54) is 0 Å². The summed E-state index contributed by atoms with van der Waals surface area (Å²) >= 11 is 6.56. The standard InChI is InChI=1S/C27H31ClN6O2/c1-3-25(26-30-31-32-34(26)17-22-8-6-12-36-22)33(15-19-7-4-5-9-23(19)28)16-21-14-20-13-18(2)10-11-24(20)29-27(21)35/h4-5,7,9-11,13-14,22,25H,3,6,8,12,15-17H2,1-2H3,(H,29,35)/t22-,25+/m0/s1. The number of aryl methyl sites for hydroxylation is 1. The number of hydrogen-bond donors (Lipinski definition) is 1. The van der Waals surface area contributed by atoms with Gasteiger partial charge in [-0.05, 0) is 71.8 Å². The zero-order chi connectivity index (χ0) is 25.1. The lowest BCUT2D eigenvalue weighted by Crippen LogP contribution is -2.33. The molecule has 36 heavy (non-hydrogen) atoms. The van der Waals surface area contributed by atoms with Gasteiger partial charge < -0.3 is 9.72 Å². The summed E-state index contributed by atoms with van der Waals surface area (Å²) in [5.74, 6) is 0.771. The molecule has 9 heteroatoms. The lowest BCUT2D eigenvalue weighted by molar-refractivity contribution is 0.0888. The van der Waals surface area contributed by atoms with Gasteiger partial charge in [0.1, 0.15) is 0 Å². The Morgan fingerprint density at radius 2 is 2.03 bits per heavy atom. The minimum atomic E-state index is -0.120. The number of aromatic nitrogens is 5. The van der Waals surface area contributed by atoms with Crippen molar-refractivity contribution in [2.75, 3.05) is 6.61 Å². The SMILES string of the molecule is CC[C@H](c1nnnn1C[C@@H]1CCCO1)N(Cc1ccccc1Cl)Cc1cc2cc(C)ccc2[nH]c1=O. The highest BCUT2D eigenvalue weighted by Crippen LogP contribution is 2.29. The Balaban J connectivity index is 1.52. The Hall–Kier alpha value is -3.07. The van der Waals surface area contributed by atoms with Crippen LogP contribution in [0.3, 0.4) is 0 Å². The van der Waals surface area contributed by atoms with Gasteiger partial charge in [-0.25, -0.2) is 4.68 Å². The quantitative estimate of drug-likeness (QED) is 0.350. The second-order valence-corrected chi connectivity index (χ2v) is 9.90. The minimum Gasteiger partial charge on any atom is -0.376 e. The third-order valence-corrected chi connectivity index (χ3v) is 7.24. The summed E-state index contributed by atoms with van der Waals surface area (Å²) in [5.41, 5.74) is 3.57. The van der Waals surface area contributed by atoms with Crippen molar-refractivity contribution in [1.29, 1.82) is 0 Å². The van der Waals surface area contributed by atoms with E-state index in [1.807, 2.05) is 47.1 Å². The van der Waals surface area contributed by atoms with Crippen molar-refractivity contribution in [3.63, 3.8) is 0 Å². The van der Waals surface area contributed by atoms with E-state index < -0.39 is 0 Å². The first-order valence-corrected chi connectivity index (χ1v) is 12.9. The third-order valence-electron chi connectivity index (χ3n) is 6.87. The maximum Gasteiger partial charge on any atom is 0.252 e. The van der Waals surface area contributed by atoms with Crippen LogP contribution in [0.2, 0.25) is 5.02 Å². The first-order chi connectivity index (χ1) is 17.5. The summed E-state index contributed by atoms with van der Waals surface area (Å²) in [6.07, 6.45) is 2.95. The Morgan fingerprint density at radius 1 is 1.19 bits per heavy atom. The number of halogens is 1. The number of tetrazole rings is 1. The maximum atomic E-state index is 13.1. The monoisotopic (exact) mass is 506 g/mol. The number of nitrogens with zero attached hydrogens (tertiary/aromatic N) is 5. The van der Waals surface area contributed by atoms with Gasteiger partial charge in [0.05, 0.1) is 18.7 Å². The number of benzene rings is 2. The van der Waals surface area contributed by atoms with Crippen molar-refractivity contribution in [2.45, 2.75) is 64.9 Å². The highest BCUT2D eigenvalue weighted by molar-refractivity contribution is 6.31. The molecule has 0 saturated carbocycles. The zero-order valence-electron chi connectivity index (χ0n) is 20.7. The smallest absolute Gasteiger partial charge is 0.252 e. The van der Waals surface area contributed by atoms with Crippen LogP contribution in [0.1, 0.15) is 54.7 Å². The number of fused-ring (bicyclic) bond motifs is 1. The number of ether oxygens (including phenoxy) is 1. The molecule has 5 rings (SSSR count). The molecule has 3 heterocycles. The van der Waals surface area contributed by atoms with Gasteiger partial charge in [-0.2, -0.15) is 0 Å². The van der Waals surface area contributed by atoms with Crippen molar-refractivity contribution in [3.8, 4) is 0 Å². The molecule has 1 aliphatic rings. The lowest BCUT2D eigenvalue weighted by Gasteiger charge is -2.30. The summed E-state index contributed by atoms with van der Waals surface area (Å²) in [6, 6.07) is 15.7. The number of rotatable bonds is 9. The second kappa shape index (κ2) is 10.9. The molecule has 1 saturated heterocycles. The Kier molecular flexibility index (Phi) is 7.46. The van der Waals surface area contributed by atoms with Crippen molar-refractivity contribution in [1.82, 2.24) is 30.1 Å². The minimum absolute atomic E-state index is 0.0932. The molecule has 188 valence electrons. The number of H-pyrrole nitrogens is 1. The van der Waals surface area contributed by atoms with Crippen LogP contribution < -0.4 is 5.56 Å². The van der Waals surface area contributed by atoms with Gasteiger partial charge in [0.25, 0.3) is 5.56 Å². The molecule has 2 atom stereocenters. The van der Waals surface area contributed by atoms with E-state index >= 15 is 0 Å². The van der Waals surface area contributed by atoms with Gasteiger partial charge >= 0.3 is 0 Å². The average molecular weight is 507 g/mol. The predicted octanol–water partition coefficient (Wildman–Crippen LogP) is 4.81. The average Bonchev–Trinajstić information content (AvgIpc) is 3.55. The van der Waals surface area contributed by atoms with Crippen molar-refractivity contribution < 1.29 is 4.74 Å². The molecule has 0 bridgehead atoms. The lowest BCUT2D eigenvalue weighted by atomic mass is 10.1. The van der Waals surface area contributed by atoms with Crippen LogP contribution in [0.4, 0.5) is 0 Å². The van der Waals surface area contributed by atoms with Crippen LogP contribution in [-0.2, 0) is 24.4 Å². The van der Waals surface area contributed by atoms with Gasteiger partial charge in [-0.15, -0.1) is 5.10 Å². The van der Waals surface area contributed by atoms with Crippen LogP contribution in [0.25, 0.3) is 10.9 Å². The molecule has 1 N–H and O–H groups in total. The van der Waals surface area contributed by atoms with Crippen LogP contribution in [0.15, 0.2) is 53.3 Å². The summed E-state index contributed by atoms with van der Waals surface area (Å²) in [5, 5.41) is 14.4. The largest absolute Gasteiger partial charge is 0.376 e. The molecule has 1 fully saturated rings. The molecule has 2 aromatic carbocycles. The fourth-order valence-corrected chi connectivity index (χ4v) is 5.19. The van der Waals surface area contributed by atoms with E-state index in [0.29, 0.717) is 30.2 Å². The van der Waals surface area contributed by atoms with E-state index in [0.717, 1.165) is 53.7 Å². The highest BCUT2D eigenvalue weighted by Gasteiger charge is 2.28. The zero-order valence-corrected chi connectivity index (χ0v) is 21.4. The second-order valence-electron chi connectivity index (χ2n) is 9.49. The highest BCUT2D eigenvalue weighted by atomic mass is 35.5. The molecular weight excluding hydrogens is 476 g/mol. The molecule has 4 aromatic rings. The van der Waals surface area contributed by atoms with Crippen LogP contribution >= 0.6 is 11.6 Å². The fourth-order valence-electron chi connectivity index (χ4n) is 4.99. The van der Waals surface area contributed by atoms with E-state index in [-0.39, 0.29) is 17.7 Å². The topological polar surface area (TPSA) is 88.9 Å². The number of hydrogen-bond acceptors (Lipinski definition) is 6. The van der Waals surface area contributed by atoms with Gasteiger partial charge in [-0.3, -0.25) is 9.69 Å². The van der Waals surface area contributed by atoms with Crippen LogP contribution in [-0.4, -0.2) is 42.8 Å². The van der Waals surface area contributed by atoms with Crippen molar-refractivity contribution in [3.05, 3.63) is 86.4 Å². The van der Waals surface area contributed by atoms with E-state index in [1.54, 1.807) is 0 Å². The molecule has 2 aromatic heterocycles. The molecule has 0 unspecified atom stereocenters. The number of aromatic amines is 1. The third kappa shape index (κ3) is 5.36. The molecular formula is C27H31ClN6O2. The molecule has 0 amide bonds. The van der Waals surface area contributed by atoms with Gasteiger partial charge in [0.15, 0.2) is 5.82 Å². The number of pyridine rings is 1. The first-order valence-electron chi connectivity index (χ1n) is 12.5. The Bertz CT molecular complexity index is 1390. The summed E-state index contributed by atoms with van der Waals surface area (Å²) in [7, 11) is 0. The summed E-state index contributed by atoms with van der Waals surface area (Å²) in [6.45, 7) is 6.54.